The quantitative estimate of drug-likeness (QED) is 0.384. The summed E-state index contributed by atoms with van der Waals surface area (Å²) in [4.78, 5) is 15.2. The summed E-state index contributed by atoms with van der Waals surface area (Å²) in [6, 6.07) is 17.3. The van der Waals surface area contributed by atoms with Gasteiger partial charge in [0.1, 0.15) is 10.7 Å². The second-order valence-electron chi connectivity index (χ2n) is 9.27. The number of aromatic nitrogens is 1. The molecule has 0 aliphatic carbocycles. The van der Waals surface area contributed by atoms with Crippen LogP contribution in [0.3, 0.4) is 0 Å². The maximum atomic E-state index is 15.2. The molecule has 0 spiro atoms. The smallest absolute Gasteiger partial charge is 0.211 e. The van der Waals surface area contributed by atoms with Gasteiger partial charge in [-0.2, -0.15) is 0 Å². The predicted molar refractivity (Wildman–Crippen MR) is 137 cm³/mol. The van der Waals surface area contributed by atoms with E-state index in [-0.39, 0.29) is 15.2 Å². The molecule has 1 aromatic heterocycles. The van der Waals surface area contributed by atoms with Gasteiger partial charge < -0.3 is 9.47 Å². The van der Waals surface area contributed by atoms with Crippen LogP contribution in [-0.4, -0.2) is 26.1 Å². The third kappa shape index (κ3) is 4.36. The Kier molecular flexibility index (Phi) is 5.97. The number of hydrogen-bond acceptors (Lipinski definition) is 4. The van der Waals surface area contributed by atoms with Gasteiger partial charge in [-0.05, 0) is 62.1 Å². The Morgan fingerprint density at radius 3 is 2.31 bits per heavy atom. The van der Waals surface area contributed by atoms with Gasteiger partial charge in [-0.25, -0.2) is 12.8 Å². The zero-order valence-corrected chi connectivity index (χ0v) is 20.6. The molecular formula is C28H27FN2O3S. The molecule has 1 aliphatic heterocycles. The summed E-state index contributed by atoms with van der Waals surface area (Å²) in [5, 5.41) is 0.0614. The van der Waals surface area contributed by atoms with E-state index in [1.807, 2.05) is 36.1 Å². The van der Waals surface area contributed by atoms with Gasteiger partial charge in [0.15, 0.2) is 0 Å². The minimum atomic E-state index is -4.11. The van der Waals surface area contributed by atoms with E-state index in [2.05, 4.69) is 0 Å². The molecule has 4 aromatic rings. The monoisotopic (exact) mass is 490 g/mol. The number of halogens is 1. The summed E-state index contributed by atoms with van der Waals surface area (Å²) >= 11 is 0. The first-order chi connectivity index (χ1) is 16.7. The molecule has 3 aromatic carbocycles. The van der Waals surface area contributed by atoms with Crippen molar-refractivity contribution in [3.05, 3.63) is 99.6 Å². The molecule has 1 aliphatic rings. The molecule has 0 amide bonds. The predicted octanol–water partition coefficient (Wildman–Crippen LogP) is 5.24. The standard InChI is InChI=1S/C28H27FN2O3S/c1-19-8-10-21(11-9-19)17-31-18-27(35(33,34)22-7-5-6-20(2)14-22)28(32)23-15-24(29)26(16-25(23)31)30-12-3-4-13-30/h5-11,14-16,18H,3-4,12-13,17H2,1-2H3. The Balaban J connectivity index is 1.76. The van der Waals surface area contributed by atoms with Crippen molar-refractivity contribution in [1.29, 1.82) is 0 Å². The van der Waals surface area contributed by atoms with E-state index in [0.717, 1.165) is 42.6 Å². The topological polar surface area (TPSA) is 59.4 Å². The molecule has 2 heterocycles. The second-order valence-corrected chi connectivity index (χ2v) is 11.2. The number of hydrogen-bond donors (Lipinski definition) is 0. The number of benzene rings is 3. The van der Waals surface area contributed by atoms with Gasteiger partial charge in [-0.15, -0.1) is 0 Å². The first-order valence-electron chi connectivity index (χ1n) is 11.7. The molecule has 1 saturated heterocycles. The maximum absolute atomic E-state index is 15.2. The molecule has 0 N–H and O–H groups in total. The zero-order chi connectivity index (χ0) is 24.7. The van der Waals surface area contributed by atoms with Crippen LogP contribution >= 0.6 is 0 Å². The highest BCUT2D eigenvalue weighted by molar-refractivity contribution is 7.91. The normalized spacial score (nSPS) is 14.1. The number of rotatable bonds is 5. The van der Waals surface area contributed by atoms with Crippen LogP contribution in [0.15, 0.2) is 81.4 Å². The summed E-state index contributed by atoms with van der Waals surface area (Å²) in [6.45, 7) is 5.65. The molecular weight excluding hydrogens is 463 g/mol. The van der Waals surface area contributed by atoms with Crippen molar-refractivity contribution in [3.8, 4) is 0 Å². The van der Waals surface area contributed by atoms with Crippen molar-refractivity contribution in [2.45, 2.75) is 43.0 Å². The van der Waals surface area contributed by atoms with Crippen molar-refractivity contribution in [2.75, 3.05) is 18.0 Å². The zero-order valence-electron chi connectivity index (χ0n) is 19.8. The largest absolute Gasteiger partial charge is 0.369 e. The number of anilines is 1. The van der Waals surface area contributed by atoms with E-state index in [9.17, 15) is 13.2 Å². The van der Waals surface area contributed by atoms with Gasteiger partial charge in [-0.3, -0.25) is 4.79 Å². The van der Waals surface area contributed by atoms with Gasteiger partial charge in [0.05, 0.1) is 21.5 Å². The lowest BCUT2D eigenvalue weighted by atomic mass is 10.1. The number of aryl methyl sites for hydroxylation is 2. The molecule has 35 heavy (non-hydrogen) atoms. The third-order valence-corrected chi connectivity index (χ3v) is 8.37. The Morgan fingerprint density at radius 1 is 0.914 bits per heavy atom. The SMILES string of the molecule is Cc1ccc(Cn2cc(S(=O)(=O)c3cccc(C)c3)c(=O)c3cc(F)c(N4CCCC4)cc32)cc1. The van der Waals surface area contributed by atoms with Crippen molar-refractivity contribution in [3.63, 3.8) is 0 Å². The van der Waals surface area contributed by atoms with Crippen molar-refractivity contribution in [1.82, 2.24) is 4.57 Å². The average molecular weight is 491 g/mol. The minimum absolute atomic E-state index is 0.0463. The molecule has 0 saturated carbocycles. The molecule has 1 fully saturated rings. The molecule has 0 atom stereocenters. The van der Waals surface area contributed by atoms with Crippen molar-refractivity contribution >= 4 is 26.4 Å². The lowest BCUT2D eigenvalue weighted by molar-refractivity contribution is 0.593. The lowest BCUT2D eigenvalue weighted by Gasteiger charge is -2.21. The first-order valence-corrected chi connectivity index (χ1v) is 13.2. The van der Waals surface area contributed by atoms with Crippen LogP contribution in [0.5, 0.6) is 0 Å². The Morgan fingerprint density at radius 2 is 1.63 bits per heavy atom. The molecule has 5 nitrogen and oxygen atoms in total. The minimum Gasteiger partial charge on any atom is -0.369 e. The van der Waals surface area contributed by atoms with Crippen molar-refractivity contribution < 1.29 is 12.8 Å². The van der Waals surface area contributed by atoms with Gasteiger partial charge in [0.25, 0.3) is 0 Å². The van der Waals surface area contributed by atoms with Gasteiger partial charge >= 0.3 is 0 Å². The van der Waals surface area contributed by atoms with Gasteiger partial charge in [0.2, 0.25) is 15.3 Å². The van der Waals surface area contributed by atoms with Crippen LogP contribution in [0.25, 0.3) is 10.9 Å². The fraction of sp³-hybridized carbons (Fsp3) is 0.250. The van der Waals surface area contributed by atoms with Crippen LogP contribution in [0.4, 0.5) is 10.1 Å². The summed E-state index contributed by atoms with van der Waals surface area (Å²) in [5.74, 6) is -0.511. The van der Waals surface area contributed by atoms with E-state index >= 15 is 4.39 Å². The van der Waals surface area contributed by atoms with Crippen LogP contribution in [0, 0.1) is 19.7 Å². The number of sulfone groups is 1. The highest BCUT2D eigenvalue weighted by Gasteiger charge is 2.26. The second kappa shape index (κ2) is 8.96. The lowest BCUT2D eigenvalue weighted by Crippen LogP contribution is -2.22. The summed E-state index contributed by atoms with van der Waals surface area (Å²) in [5.41, 5.74) is 3.11. The fourth-order valence-corrected chi connectivity index (χ4v) is 6.17. The first kappa shape index (κ1) is 23.3. The molecule has 0 unspecified atom stereocenters. The number of pyridine rings is 1. The van der Waals surface area contributed by atoms with Crippen LogP contribution in [0.2, 0.25) is 0 Å². The number of nitrogens with zero attached hydrogens (tertiary/aromatic N) is 2. The molecule has 5 rings (SSSR count). The number of fused-ring (bicyclic) bond motifs is 1. The Labute approximate surface area is 204 Å². The Bertz CT molecular complexity index is 1590. The average Bonchev–Trinajstić information content (AvgIpc) is 3.36. The molecule has 0 bridgehead atoms. The van der Waals surface area contributed by atoms with Gasteiger partial charge in [-0.1, -0.05) is 42.0 Å². The molecule has 180 valence electrons. The van der Waals surface area contributed by atoms with Gasteiger partial charge in [0, 0.05) is 25.8 Å². The third-order valence-electron chi connectivity index (χ3n) is 6.63. The van der Waals surface area contributed by atoms with E-state index in [4.69, 9.17) is 0 Å². The fourth-order valence-electron chi connectivity index (χ4n) is 4.69. The van der Waals surface area contributed by atoms with E-state index in [0.29, 0.717) is 17.7 Å². The van der Waals surface area contributed by atoms with Crippen LogP contribution < -0.4 is 10.3 Å². The molecule has 0 radical (unpaired) electrons. The summed E-state index contributed by atoms with van der Waals surface area (Å²) < 4.78 is 44.1. The highest BCUT2D eigenvalue weighted by Crippen LogP contribution is 2.30. The van der Waals surface area contributed by atoms with E-state index in [1.165, 1.54) is 18.3 Å². The highest BCUT2D eigenvalue weighted by atomic mass is 32.2. The van der Waals surface area contributed by atoms with Crippen LogP contribution in [-0.2, 0) is 16.4 Å². The maximum Gasteiger partial charge on any atom is 0.211 e. The van der Waals surface area contributed by atoms with E-state index in [1.54, 1.807) is 35.8 Å². The Hall–Kier alpha value is -3.45. The van der Waals surface area contributed by atoms with Crippen LogP contribution in [0.1, 0.15) is 29.5 Å². The van der Waals surface area contributed by atoms with E-state index < -0.39 is 21.1 Å². The summed E-state index contributed by atoms with van der Waals surface area (Å²) in [6.07, 6.45) is 3.39. The van der Waals surface area contributed by atoms with Crippen molar-refractivity contribution in [2.24, 2.45) is 0 Å². The molecule has 7 heteroatoms. The summed E-state index contributed by atoms with van der Waals surface area (Å²) in [7, 11) is -4.11.